The van der Waals surface area contributed by atoms with Gasteiger partial charge < -0.3 is 19.7 Å². The second-order valence-corrected chi connectivity index (χ2v) is 9.39. The van der Waals surface area contributed by atoms with Crippen LogP contribution >= 0.6 is 0 Å². The van der Waals surface area contributed by atoms with Gasteiger partial charge in [-0.25, -0.2) is 4.39 Å². The van der Waals surface area contributed by atoms with E-state index < -0.39 is 5.82 Å². The lowest BCUT2D eigenvalue weighted by Crippen LogP contribution is -2.39. The number of fused-ring (bicyclic) bond motifs is 1. The Morgan fingerprint density at radius 3 is 2.22 bits per heavy atom. The molecule has 36 heavy (non-hydrogen) atoms. The van der Waals surface area contributed by atoms with Gasteiger partial charge in [-0.15, -0.1) is 0 Å². The topological polar surface area (TPSA) is 62.2 Å². The lowest BCUT2D eigenvalue weighted by Gasteiger charge is -2.28. The summed E-state index contributed by atoms with van der Waals surface area (Å²) >= 11 is 0. The van der Waals surface area contributed by atoms with Crippen molar-refractivity contribution in [1.29, 1.82) is 0 Å². The Morgan fingerprint density at radius 1 is 0.972 bits per heavy atom. The van der Waals surface area contributed by atoms with Gasteiger partial charge >= 0.3 is 0 Å². The molecule has 194 valence electrons. The zero-order chi connectivity index (χ0) is 25.9. The molecule has 1 saturated heterocycles. The number of phenolic OH excluding ortho intramolecular Hbond substituents is 2. The average Bonchev–Trinajstić information content (AvgIpc) is 3.33. The van der Waals surface area contributed by atoms with Crippen molar-refractivity contribution < 1.29 is 24.1 Å². The first-order valence-electron chi connectivity index (χ1n) is 12.7. The standard InChI is InChI=1S/C14H21NO.C10H11FO2.C6H6O/c1-12-7-6-10-15(12)13(2)11-16-14-8-4-3-5-9-14;1-6-4-5-13-8-3-2-7(12)10(11)9(6)8;7-6-4-2-1-3-5-6/h3-5,8-9,12-13H,6-7,10-11H2,1-2H3;2-3,6,12H,4-5H2,1H3;1-5,7H/t12-,13?;;/m0../s1. The van der Waals surface area contributed by atoms with E-state index in [1.54, 1.807) is 30.3 Å². The Labute approximate surface area is 214 Å². The van der Waals surface area contributed by atoms with Gasteiger partial charge in [0.1, 0.15) is 23.9 Å². The number of nitrogens with zero attached hydrogens (tertiary/aromatic N) is 1. The second kappa shape index (κ2) is 13.7. The molecular weight excluding hydrogens is 457 g/mol. The fourth-order valence-electron chi connectivity index (χ4n) is 4.51. The molecule has 0 saturated carbocycles. The summed E-state index contributed by atoms with van der Waals surface area (Å²) in [5.74, 6) is 1.15. The van der Waals surface area contributed by atoms with E-state index in [2.05, 4.69) is 18.7 Å². The van der Waals surface area contributed by atoms with Gasteiger partial charge in [0.05, 0.1) is 6.61 Å². The van der Waals surface area contributed by atoms with Crippen LogP contribution < -0.4 is 9.47 Å². The van der Waals surface area contributed by atoms with Crippen molar-refractivity contribution in [2.24, 2.45) is 0 Å². The number of rotatable bonds is 4. The lowest BCUT2D eigenvalue weighted by atomic mass is 9.94. The molecule has 0 amide bonds. The van der Waals surface area contributed by atoms with Crippen LogP contribution in [0.2, 0.25) is 0 Å². The van der Waals surface area contributed by atoms with E-state index in [9.17, 15) is 4.39 Å². The zero-order valence-corrected chi connectivity index (χ0v) is 21.4. The Morgan fingerprint density at radius 2 is 1.64 bits per heavy atom. The molecule has 3 aromatic rings. The van der Waals surface area contributed by atoms with E-state index in [0.717, 1.165) is 24.8 Å². The largest absolute Gasteiger partial charge is 0.508 e. The SMILES string of the molecule is CC(COc1ccccc1)N1CCC[C@@H]1C.CC1CCOc2ccc(O)c(F)c21.Oc1ccccc1. The summed E-state index contributed by atoms with van der Waals surface area (Å²) in [5.41, 5.74) is 0.506. The molecule has 2 N–H and O–H groups in total. The Balaban J connectivity index is 0.000000162. The number of halogens is 1. The van der Waals surface area contributed by atoms with Gasteiger partial charge in [-0.3, -0.25) is 4.90 Å². The fourth-order valence-corrected chi connectivity index (χ4v) is 4.51. The van der Waals surface area contributed by atoms with E-state index in [1.165, 1.54) is 25.5 Å². The first kappa shape index (κ1) is 27.3. The van der Waals surface area contributed by atoms with Gasteiger partial charge in [0.15, 0.2) is 11.6 Å². The summed E-state index contributed by atoms with van der Waals surface area (Å²) in [4.78, 5) is 2.54. The number of phenols is 2. The van der Waals surface area contributed by atoms with Crippen LogP contribution in [0.1, 0.15) is 51.5 Å². The van der Waals surface area contributed by atoms with Crippen molar-refractivity contribution in [1.82, 2.24) is 4.90 Å². The third-order valence-electron chi connectivity index (χ3n) is 6.58. The predicted molar refractivity (Wildman–Crippen MR) is 141 cm³/mol. The monoisotopic (exact) mass is 495 g/mol. The van der Waals surface area contributed by atoms with Crippen LogP contribution in [0.4, 0.5) is 4.39 Å². The van der Waals surface area contributed by atoms with Gasteiger partial charge in [0, 0.05) is 17.6 Å². The average molecular weight is 496 g/mol. The summed E-state index contributed by atoms with van der Waals surface area (Å²) in [6.07, 6.45) is 3.46. The minimum absolute atomic E-state index is 0.121. The Bertz CT molecular complexity index is 1050. The predicted octanol–water partition coefficient (Wildman–Crippen LogP) is 6.75. The van der Waals surface area contributed by atoms with Crippen LogP contribution in [-0.2, 0) is 0 Å². The van der Waals surface area contributed by atoms with Crippen molar-refractivity contribution >= 4 is 0 Å². The molecule has 5 rings (SSSR count). The van der Waals surface area contributed by atoms with Gasteiger partial charge in [0.2, 0.25) is 0 Å². The van der Waals surface area contributed by atoms with E-state index in [1.807, 2.05) is 43.3 Å². The van der Waals surface area contributed by atoms with E-state index in [0.29, 0.717) is 29.7 Å². The molecule has 2 heterocycles. The number of likely N-dealkylation sites (tertiary alicyclic amines) is 1. The molecule has 2 unspecified atom stereocenters. The molecule has 0 aliphatic carbocycles. The minimum atomic E-state index is -0.537. The molecule has 2 aliphatic rings. The Hall–Kier alpha value is -3.25. The minimum Gasteiger partial charge on any atom is -0.508 e. The van der Waals surface area contributed by atoms with E-state index >= 15 is 0 Å². The van der Waals surface area contributed by atoms with Gasteiger partial charge in [-0.2, -0.15) is 0 Å². The maximum atomic E-state index is 13.4. The van der Waals surface area contributed by atoms with Crippen LogP contribution in [0, 0.1) is 5.82 Å². The zero-order valence-electron chi connectivity index (χ0n) is 21.4. The number of aromatic hydroxyl groups is 2. The number of ether oxygens (including phenoxy) is 2. The number of para-hydroxylation sites is 2. The summed E-state index contributed by atoms with van der Waals surface area (Å²) in [6, 6.07) is 22.9. The van der Waals surface area contributed by atoms with Crippen molar-refractivity contribution in [2.75, 3.05) is 19.8 Å². The molecule has 0 spiro atoms. The van der Waals surface area contributed by atoms with Crippen LogP contribution in [0.5, 0.6) is 23.0 Å². The molecule has 0 aromatic heterocycles. The lowest BCUT2D eigenvalue weighted by molar-refractivity contribution is 0.141. The van der Waals surface area contributed by atoms with Crippen LogP contribution in [-0.4, -0.2) is 47.0 Å². The van der Waals surface area contributed by atoms with E-state index in [4.69, 9.17) is 19.7 Å². The fraction of sp³-hybridized carbons (Fsp3) is 0.400. The molecule has 0 radical (unpaired) electrons. The number of benzene rings is 3. The highest BCUT2D eigenvalue weighted by atomic mass is 19.1. The molecule has 6 heteroatoms. The van der Waals surface area contributed by atoms with Crippen molar-refractivity contribution in [2.45, 2.75) is 58.0 Å². The van der Waals surface area contributed by atoms with Gasteiger partial charge in [0.25, 0.3) is 0 Å². The molecule has 0 bridgehead atoms. The summed E-state index contributed by atoms with van der Waals surface area (Å²) < 4.78 is 24.5. The number of hydrogen-bond acceptors (Lipinski definition) is 5. The van der Waals surface area contributed by atoms with Crippen molar-refractivity contribution in [3.05, 3.63) is 84.2 Å². The molecule has 3 aromatic carbocycles. The highest BCUT2D eigenvalue weighted by molar-refractivity contribution is 5.44. The maximum absolute atomic E-state index is 13.4. The van der Waals surface area contributed by atoms with Crippen LogP contribution in [0.15, 0.2) is 72.8 Å². The highest BCUT2D eigenvalue weighted by Crippen LogP contribution is 2.38. The second-order valence-electron chi connectivity index (χ2n) is 9.39. The van der Waals surface area contributed by atoms with Crippen LogP contribution in [0.3, 0.4) is 0 Å². The van der Waals surface area contributed by atoms with E-state index in [-0.39, 0.29) is 11.7 Å². The van der Waals surface area contributed by atoms with Gasteiger partial charge in [-0.1, -0.05) is 43.3 Å². The summed E-state index contributed by atoms with van der Waals surface area (Å²) in [5, 5.41) is 17.8. The van der Waals surface area contributed by atoms with Crippen LogP contribution in [0.25, 0.3) is 0 Å². The first-order valence-corrected chi connectivity index (χ1v) is 12.7. The van der Waals surface area contributed by atoms with Crippen molar-refractivity contribution in [3.8, 4) is 23.0 Å². The smallest absolute Gasteiger partial charge is 0.171 e. The third kappa shape index (κ3) is 7.89. The van der Waals surface area contributed by atoms with Crippen molar-refractivity contribution in [3.63, 3.8) is 0 Å². The molecule has 3 atom stereocenters. The molecular formula is C30H38FNO4. The molecule has 2 aliphatic heterocycles. The highest BCUT2D eigenvalue weighted by Gasteiger charge is 2.25. The number of hydrogen-bond donors (Lipinski definition) is 2. The summed E-state index contributed by atoms with van der Waals surface area (Å²) in [7, 11) is 0. The first-order chi connectivity index (χ1) is 17.4. The third-order valence-corrected chi connectivity index (χ3v) is 6.58. The molecule has 5 nitrogen and oxygen atoms in total. The Kier molecular flexibility index (Phi) is 10.4. The normalized spacial score (nSPS) is 19.4. The quantitative estimate of drug-likeness (QED) is 0.419. The summed E-state index contributed by atoms with van der Waals surface area (Å²) in [6.45, 7) is 9.13. The maximum Gasteiger partial charge on any atom is 0.171 e. The van der Waals surface area contributed by atoms with Gasteiger partial charge in [-0.05, 0) is 82.0 Å². The molecule has 1 fully saturated rings.